The third kappa shape index (κ3) is 3.21. The summed E-state index contributed by atoms with van der Waals surface area (Å²) >= 11 is 0. The molecule has 0 aromatic heterocycles. The van der Waals surface area contributed by atoms with E-state index in [0.717, 1.165) is 12.0 Å². The zero-order valence-corrected chi connectivity index (χ0v) is 10.3. The van der Waals surface area contributed by atoms with E-state index in [1.807, 2.05) is 0 Å². The topological polar surface area (TPSA) is 3.24 Å². The van der Waals surface area contributed by atoms with Gasteiger partial charge >= 0.3 is 0 Å². The van der Waals surface area contributed by atoms with Crippen LogP contribution < -0.4 is 0 Å². The monoisotopic (exact) mass is 208 g/mol. The van der Waals surface area contributed by atoms with Crippen LogP contribution in [0.1, 0.15) is 58.3 Å². The SMILES string of the molecule is CCC[C@H]1CC[C@H](N2CC[CH]CC2)CC1. The van der Waals surface area contributed by atoms with Crippen molar-refractivity contribution in [2.24, 2.45) is 5.92 Å². The van der Waals surface area contributed by atoms with Crippen LogP contribution in [-0.4, -0.2) is 24.0 Å². The molecule has 0 aromatic carbocycles. The lowest BCUT2D eigenvalue weighted by Gasteiger charge is -2.38. The van der Waals surface area contributed by atoms with Crippen LogP contribution in [0.15, 0.2) is 0 Å². The fourth-order valence-corrected chi connectivity index (χ4v) is 3.34. The molecule has 87 valence electrons. The summed E-state index contributed by atoms with van der Waals surface area (Å²) in [4.78, 5) is 2.75. The molecule has 1 saturated carbocycles. The number of nitrogens with zero attached hydrogens (tertiary/aromatic N) is 1. The van der Waals surface area contributed by atoms with Crippen LogP contribution in [0.2, 0.25) is 0 Å². The molecule has 1 aliphatic heterocycles. The summed E-state index contributed by atoms with van der Waals surface area (Å²) in [5.41, 5.74) is 0. The summed E-state index contributed by atoms with van der Waals surface area (Å²) in [7, 11) is 0. The van der Waals surface area contributed by atoms with Crippen LogP contribution in [0.5, 0.6) is 0 Å². The van der Waals surface area contributed by atoms with Gasteiger partial charge in [-0.25, -0.2) is 0 Å². The van der Waals surface area contributed by atoms with E-state index in [2.05, 4.69) is 18.2 Å². The van der Waals surface area contributed by atoms with Crippen LogP contribution in [0.25, 0.3) is 0 Å². The number of rotatable bonds is 3. The smallest absolute Gasteiger partial charge is 0.00954 e. The van der Waals surface area contributed by atoms with Gasteiger partial charge in [0.2, 0.25) is 0 Å². The summed E-state index contributed by atoms with van der Waals surface area (Å²) < 4.78 is 0. The predicted molar refractivity (Wildman–Crippen MR) is 65.8 cm³/mol. The minimum Gasteiger partial charge on any atom is -0.300 e. The Morgan fingerprint density at radius 2 is 1.73 bits per heavy atom. The summed E-state index contributed by atoms with van der Waals surface area (Å²) in [6.45, 7) is 5.00. The number of hydrogen-bond donors (Lipinski definition) is 0. The molecule has 1 radical (unpaired) electrons. The Morgan fingerprint density at radius 1 is 1.07 bits per heavy atom. The molecule has 2 rings (SSSR count). The molecule has 1 aliphatic carbocycles. The van der Waals surface area contributed by atoms with Gasteiger partial charge in [0, 0.05) is 6.04 Å². The van der Waals surface area contributed by atoms with E-state index in [4.69, 9.17) is 0 Å². The molecule has 0 unspecified atom stereocenters. The molecule has 1 heterocycles. The third-order valence-corrected chi connectivity index (χ3v) is 4.27. The van der Waals surface area contributed by atoms with Gasteiger partial charge in [-0.3, -0.25) is 0 Å². The van der Waals surface area contributed by atoms with Crippen LogP contribution in [-0.2, 0) is 0 Å². The van der Waals surface area contributed by atoms with Gasteiger partial charge in [-0.15, -0.1) is 0 Å². The van der Waals surface area contributed by atoms with Gasteiger partial charge in [0.15, 0.2) is 0 Å². The molecule has 0 bridgehead atoms. The van der Waals surface area contributed by atoms with Gasteiger partial charge in [-0.2, -0.15) is 0 Å². The van der Waals surface area contributed by atoms with Crippen molar-refractivity contribution in [3.05, 3.63) is 6.42 Å². The second-order valence-electron chi connectivity index (χ2n) is 5.37. The molecular formula is C14H26N. The van der Waals surface area contributed by atoms with Gasteiger partial charge in [0.1, 0.15) is 0 Å². The lowest BCUT2D eigenvalue weighted by molar-refractivity contribution is 0.124. The quantitative estimate of drug-likeness (QED) is 0.684. The van der Waals surface area contributed by atoms with Gasteiger partial charge in [-0.1, -0.05) is 19.8 Å². The lowest BCUT2D eigenvalue weighted by atomic mass is 9.82. The summed E-state index contributed by atoms with van der Waals surface area (Å²) in [6, 6.07) is 0.937. The molecule has 2 fully saturated rings. The average Bonchev–Trinajstić information content (AvgIpc) is 2.32. The first-order chi connectivity index (χ1) is 7.40. The highest BCUT2D eigenvalue weighted by molar-refractivity contribution is 4.84. The van der Waals surface area contributed by atoms with Gasteiger partial charge in [0.25, 0.3) is 0 Å². The van der Waals surface area contributed by atoms with Crippen molar-refractivity contribution in [3.8, 4) is 0 Å². The molecular weight excluding hydrogens is 182 g/mol. The van der Waals surface area contributed by atoms with E-state index in [1.54, 1.807) is 0 Å². The second-order valence-corrected chi connectivity index (χ2v) is 5.37. The molecule has 1 heteroatoms. The van der Waals surface area contributed by atoms with Crippen molar-refractivity contribution >= 4 is 0 Å². The lowest BCUT2D eigenvalue weighted by Crippen LogP contribution is -2.41. The molecule has 15 heavy (non-hydrogen) atoms. The minimum absolute atomic E-state index is 0.937. The molecule has 0 spiro atoms. The van der Waals surface area contributed by atoms with E-state index in [0.29, 0.717) is 0 Å². The van der Waals surface area contributed by atoms with Crippen molar-refractivity contribution in [1.82, 2.24) is 4.90 Å². The summed E-state index contributed by atoms with van der Waals surface area (Å²) in [5.74, 6) is 1.06. The Morgan fingerprint density at radius 3 is 2.33 bits per heavy atom. The average molecular weight is 208 g/mol. The van der Waals surface area contributed by atoms with Crippen LogP contribution >= 0.6 is 0 Å². The van der Waals surface area contributed by atoms with Crippen LogP contribution in [0.3, 0.4) is 0 Å². The van der Waals surface area contributed by atoms with Gasteiger partial charge in [-0.05, 0) is 64.0 Å². The highest BCUT2D eigenvalue weighted by atomic mass is 15.2. The largest absolute Gasteiger partial charge is 0.300 e. The zero-order chi connectivity index (χ0) is 10.5. The van der Waals surface area contributed by atoms with Crippen molar-refractivity contribution in [1.29, 1.82) is 0 Å². The van der Waals surface area contributed by atoms with E-state index in [9.17, 15) is 0 Å². The van der Waals surface area contributed by atoms with Crippen molar-refractivity contribution in [3.63, 3.8) is 0 Å². The molecule has 0 atom stereocenters. The molecule has 2 aliphatic rings. The Balaban J connectivity index is 1.72. The molecule has 1 saturated heterocycles. The van der Waals surface area contributed by atoms with Crippen molar-refractivity contribution in [2.75, 3.05) is 13.1 Å². The second kappa shape index (κ2) is 5.89. The molecule has 0 N–H and O–H groups in total. The first-order valence-corrected chi connectivity index (χ1v) is 6.96. The van der Waals surface area contributed by atoms with E-state index < -0.39 is 0 Å². The van der Waals surface area contributed by atoms with Gasteiger partial charge in [0.05, 0.1) is 0 Å². The predicted octanol–water partition coefficient (Wildman–Crippen LogP) is 3.65. The van der Waals surface area contributed by atoms with Crippen molar-refractivity contribution < 1.29 is 0 Å². The minimum atomic E-state index is 0.937. The first kappa shape index (κ1) is 11.4. The fourth-order valence-electron chi connectivity index (χ4n) is 3.34. The van der Waals surface area contributed by atoms with Crippen molar-refractivity contribution in [2.45, 2.75) is 64.3 Å². The van der Waals surface area contributed by atoms with E-state index in [-0.39, 0.29) is 0 Å². The van der Waals surface area contributed by atoms with Gasteiger partial charge < -0.3 is 4.90 Å². The summed E-state index contributed by atoms with van der Waals surface area (Å²) in [5, 5.41) is 0. The number of likely N-dealkylation sites (tertiary alicyclic amines) is 1. The third-order valence-electron chi connectivity index (χ3n) is 4.27. The van der Waals surface area contributed by atoms with Crippen LogP contribution in [0.4, 0.5) is 0 Å². The highest BCUT2D eigenvalue weighted by Gasteiger charge is 2.25. The molecule has 0 aromatic rings. The first-order valence-electron chi connectivity index (χ1n) is 6.96. The Bertz CT molecular complexity index is 164. The highest BCUT2D eigenvalue weighted by Crippen LogP contribution is 2.31. The normalized spacial score (nSPS) is 34.2. The Labute approximate surface area is 95.2 Å². The van der Waals surface area contributed by atoms with E-state index in [1.165, 1.54) is 64.5 Å². The molecule has 1 nitrogen and oxygen atoms in total. The summed E-state index contributed by atoms with van der Waals surface area (Å²) in [6.07, 6.45) is 13.9. The maximum atomic E-state index is 2.75. The fraction of sp³-hybridized carbons (Fsp3) is 0.929. The number of piperidine rings is 1. The number of hydrogen-bond acceptors (Lipinski definition) is 1. The standard InChI is InChI=1S/C14H26N/c1-2-6-13-7-9-14(10-8-13)15-11-4-3-5-12-15/h3,13-14H,2,4-12H2,1H3/t13-,14-. The maximum absolute atomic E-state index is 2.75. The molecule has 0 amide bonds. The Hall–Kier alpha value is -0.0400. The Kier molecular flexibility index (Phi) is 4.49. The zero-order valence-electron chi connectivity index (χ0n) is 10.3. The van der Waals surface area contributed by atoms with E-state index >= 15 is 0 Å². The maximum Gasteiger partial charge on any atom is 0.00954 e. The van der Waals surface area contributed by atoms with Crippen LogP contribution in [0, 0.1) is 12.3 Å².